The molecule has 0 aromatic heterocycles. The fourth-order valence-electron chi connectivity index (χ4n) is 4.91. The maximum absolute atomic E-state index is 2.45. The summed E-state index contributed by atoms with van der Waals surface area (Å²) in [5.74, 6) is 0. The smallest absolute Gasteiger partial charge is 0.0654 e. The molecule has 3 rings (SSSR count). The van der Waals surface area contributed by atoms with Crippen LogP contribution < -0.4 is 10.4 Å². The van der Waals surface area contributed by atoms with Gasteiger partial charge in [-0.1, -0.05) is 134 Å². The second-order valence-corrected chi connectivity index (χ2v) is 18.0. The van der Waals surface area contributed by atoms with Crippen molar-refractivity contribution in [2.45, 2.75) is 63.0 Å². The minimum absolute atomic E-state index is 1.25. The lowest BCUT2D eigenvalue weighted by Gasteiger charge is -2.55. The summed E-state index contributed by atoms with van der Waals surface area (Å²) in [4.78, 5) is 0. The maximum atomic E-state index is 2.45. The topological polar surface area (TPSA) is 0 Å². The second-order valence-electron chi connectivity index (χ2n) is 7.85. The van der Waals surface area contributed by atoms with E-state index in [1.54, 1.807) is 21.7 Å². The SMILES string of the molecule is CCCC[Si]1(c2ccccc2)C[Si](CCCC)(c2ccccc2)C1. The molecule has 1 aliphatic rings. The molecule has 24 heavy (non-hydrogen) atoms. The lowest BCUT2D eigenvalue weighted by molar-refractivity contribution is 0.848. The van der Waals surface area contributed by atoms with Gasteiger partial charge in [-0.3, -0.25) is 0 Å². The van der Waals surface area contributed by atoms with Crippen molar-refractivity contribution in [1.29, 1.82) is 0 Å². The van der Waals surface area contributed by atoms with Crippen LogP contribution in [0.1, 0.15) is 39.5 Å². The summed E-state index contributed by atoms with van der Waals surface area (Å²) >= 11 is 0. The van der Waals surface area contributed by atoms with Crippen LogP contribution in [0.2, 0.25) is 23.4 Å². The van der Waals surface area contributed by atoms with E-state index in [1.165, 1.54) is 37.8 Å². The Morgan fingerprint density at radius 1 is 0.625 bits per heavy atom. The Morgan fingerprint density at radius 3 is 1.33 bits per heavy atom. The van der Waals surface area contributed by atoms with Gasteiger partial charge >= 0.3 is 0 Å². The highest BCUT2D eigenvalue weighted by molar-refractivity contribution is 7.23. The first-order valence-electron chi connectivity index (χ1n) is 9.86. The quantitative estimate of drug-likeness (QED) is 0.559. The zero-order valence-corrected chi connectivity index (χ0v) is 17.4. The van der Waals surface area contributed by atoms with E-state index in [2.05, 4.69) is 74.5 Å². The molecule has 0 nitrogen and oxygen atoms in total. The largest absolute Gasteiger partial charge is 0.0822 e. The number of benzene rings is 2. The van der Waals surface area contributed by atoms with Crippen LogP contribution in [0.5, 0.6) is 0 Å². The van der Waals surface area contributed by atoms with E-state index >= 15 is 0 Å². The van der Waals surface area contributed by atoms with Gasteiger partial charge in [0, 0.05) is 0 Å². The van der Waals surface area contributed by atoms with Crippen LogP contribution in [-0.4, -0.2) is 16.1 Å². The molecule has 0 saturated carbocycles. The van der Waals surface area contributed by atoms with Gasteiger partial charge in [0.15, 0.2) is 0 Å². The summed E-state index contributed by atoms with van der Waals surface area (Å²) in [6.07, 6.45) is 5.54. The molecule has 0 aliphatic carbocycles. The fraction of sp³-hybridized carbons (Fsp3) is 0.455. The third-order valence-corrected chi connectivity index (χ3v) is 22.7. The van der Waals surface area contributed by atoms with Crippen LogP contribution in [0.3, 0.4) is 0 Å². The van der Waals surface area contributed by atoms with Crippen molar-refractivity contribution in [2.24, 2.45) is 0 Å². The van der Waals surface area contributed by atoms with Gasteiger partial charge in [0.1, 0.15) is 0 Å². The van der Waals surface area contributed by atoms with Crippen molar-refractivity contribution in [3.8, 4) is 0 Å². The lowest BCUT2D eigenvalue weighted by atomic mass is 10.4. The molecule has 1 saturated heterocycles. The summed E-state index contributed by atoms with van der Waals surface area (Å²) in [7, 11) is -2.49. The van der Waals surface area contributed by atoms with Gasteiger partial charge < -0.3 is 0 Å². The first kappa shape index (κ1) is 17.7. The number of unbranched alkanes of at least 4 members (excludes halogenated alkanes) is 2. The summed E-state index contributed by atoms with van der Waals surface area (Å²) in [6.45, 7) is 4.70. The summed E-state index contributed by atoms with van der Waals surface area (Å²) in [6, 6.07) is 26.3. The Morgan fingerprint density at radius 2 is 1.00 bits per heavy atom. The van der Waals surface area contributed by atoms with Crippen LogP contribution in [0.4, 0.5) is 0 Å². The van der Waals surface area contributed by atoms with Crippen LogP contribution in [0, 0.1) is 0 Å². The Bertz CT molecular complexity index is 559. The minimum Gasteiger partial charge on any atom is -0.0654 e. The van der Waals surface area contributed by atoms with Crippen molar-refractivity contribution < 1.29 is 0 Å². The Labute approximate surface area is 150 Å². The molecule has 0 unspecified atom stereocenters. The number of rotatable bonds is 8. The van der Waals surface area contributed by atoms with Crippen LogP contribution in [0.25, 0.3) is 0 Å². The van der Waals surface area contributed by atoms with Crippen molar-refractivity contribution >= 4 is 26.5 Å². The summed E-state index contributed by atoms with van der Waals surface area (Å²) in [5.41, 5.74) is 3.21. The third-order valence-electron chi connectivity index (χ3n) is 6.14. The van der Waals surface area contributed by atoms with Crippen LogP contribution in [-0.2, 0) is 0 Å². The Hall–Kier alpha value is -1.13. The van der Waals surface area contributed by atoms with E-state index in [0.29, 0.717) is 0 Å². The van der Waals surface area contributed by atoms with Crippen molar-refractivity contribution in [3.05, 3.63) is 60.7 Å². The molecule has 2 aromatic carbocycles. The predicted octanol–water partition coefficient (Wildman–Crippen LogP) is 5.39. The molecular formula is C22H32Si2. The van der Waals surface area contributed by atoms with Gasteiger partial charge in [0.05, 0.1) is 16.1 Å². The van der Waals surface area contributed by atoms with E-state index in [1.807, 2.05) is 0 Å². The van der Waals surface area contributed by atoms with Gasteiger partial charge in [0.25, 0.3) is 0 Å². The molecule has 0 spiro atoms. The third kappa shape index (κ3) is 3.45. The van der Waals surface area contributed by atoms with E-state index in [-0.39, 0.29) is 0 Å². The average Bonchev–Trinajstić information content (AvgIpc) is 2.62. The first-order chi connectivity index (χ1) is 11.7. The van der Waals surface area contributed by atoms with E-state index < -0.39 is 16.1 Å². The van der Waals surface area contributed by atoms with Gasteiger partial charge in [-0.25, -0.2) is 0 Å². The van der Waals surface area contributed by atoms with E-state index in [9.17, 15) is 0 Å². The normalized spacial score (nSPS) is 26.1. The van der Waals surface area contributed by atoms with Crippen LogP contribution in [0.15, 0.2) is 60.7 Å². The first-order valence-corrected chi connectivity index (χ1v) is 15.1. The fourth-order valence-corrected chi connectivity index (χ4v) is 25.4. The zero-order valence-electron chi connectivity index (χ0n) is 15.4. The molecule has 0 bridgehead atoms. The molecule has 0 atom stereocenters. The van der Waals surface area contributed by atoms with Crippen molar-refractivity contribution in [2.75, 3.05) is 0 Å². The molecule has 0 radical (unpaired) electrons. The molecule has 2 aromatic rings. The highest BCUT2D eigenvalue weighted by atomic mass is 28.5. The van der Waals surface area contributed by atoms with Gasteiger partial charge in [-0.05, 0) is 0 Å². The molecule has 1 aliphatic heterocycles. The molecule has 0 N–H and O–H groups in total. The molecule has 1 fully saturated rings. The summed E-state index contributed by atoms with van der Waals surface area (Å²) < 4.78 is 0. The van der Waals surface area contributed by atoms with Crippen molar-refractivity contribution in [1.82, 2.24) is 0 Å². The Balaban J connectivity index is 1.89. The number of hydrogen-bond donors (Lipinski definition) is 0. The average molecular weight is 353 g/mol. The van der Waals surface area contributed by atoms with E-state index in [0.717, 1.165) is 0 Å². The number of hydrogen-bond acceptors (Lipinski definition) is 0. The Kier molecular flexibility index (Phi) is 5.78. The van der Waals surface area contributed by atoms with E-state index in [4.69, 9.17) is 0 Å². The molecule has 128 valence electrons. The zero-order chi connectivity index (χ0) is 16.9. The second kappa shape index (κ2) is 7.84. The van der Waals surface area contributed by atoms with Crippen LogP contribution >= 0.6 is 0 Å². The molecule has 1 heterocycles. The van der Waals surface area contributed by atoms with Crippen molar-refractivity contribution in [3.63, 3.8) is 0 Å². The highest BCUT2D eigenvalue weighted by Crippen LogP contribution is 2.46. The van der Waals surface area contributed by atoms with Gasteiger partial charge in [-0.15, -0.1) is 0 Å². The maximum Gasteiger partial charge on any atom is 0.0822 e. The minimum atomic E-state index is -1.25. The standard InChI is InChI=1S/C22H32Si2/c1-3-5-17-23(21-13-9-7-10-14-21)19-24(20-23,18-6-4-2)22-15-11-8-12-16-22/h7-16H,3-6,17-20H2,1-2H3. The monoisotopic (exact) mass is 352 g/mol. The molecule has 2 heteroatoms. The lowest BCUT2D eigenvalue weighted by Crippen LogP contribution is -2.73. The van der Waals surface area contributed by atoms with Gasteiger partial charge in [-0.2, -0.15) is 0 Å². The summed E-state index contributed by atoms with van der Waals surface area (Å²) in [5, 5.41) is 3.49. The van der Waals surface area contributed by atoms with Gasteiger partial charge in [0.2, 0.25) is 0 Å². The highest BCUT2D eigenvalue weighted by Gasteiger charge is 2.57. The predicted molar refractivity (Wildman–Crippen MR) is 113 cm³/mol. The molecular weight excluding hydrogens is 320 g/mol. The molecule has 0 amide bonds.